The van der Waals surface area contributed by atoms with Crippen LogP contribution in [-0.4, -0.2) is 10.9 Å². The zero-order valence-corrected chi connectivity index (χ0v) is 12.1. The number of hydrogen-bond donors (Lipinski definition) is 1. The quantitative estimate of drug-likeness (QED) is 0.824. The lowest BCUT2D eigenvalue weighted by molar-refractivity contribution is 0.681. The molecular formula is C15H20N2S. The van der Waals surface area contributed by atoms with E-state index in [0.717, 1.165) is 18.8 Å². The number of nitrogens with one attached hydrogen (secondary N) is 1. The molecule has 18 heavy (non-hydrogen) atoms. The van der Waals surface area contributed by atoms with Gasteiger partial charge in [0.2, 0.25) is 0 Å². The third-order valence-corrected chi connectivity index (χ3v) is 3.87. The highest BCUT2D eigenvalue weighted by Crippen LogP contribution is 2.24. The van der Waals surface area contributed by atoms with Crippen molar-refractivity contribution in [3.05, 3.63) is 40.3 Å². The summed E-state index contributed by atoms with van der Waals surface area (Å²) >= 11 is 1.59. The third kappa shape index (κ3) is 3.18. The van der Waals surface area contributed by atoms with E-state index in [0.29, 0.717) is 0 Å². The fourth-order valence-corrected chi connectivity index (χ4v) is 2.53. The van der Waals surface area contributed by atoms with Gasteiger partial charge in [-0.25, -0.2) is 0 Å². The lowest BCUT2D eigenvalue weighted by atomic mass is 10.0. The summed E-state index contributed by atoms with van der Waals surface area (Å²) in [5.41, 5.74) is 4.97. The molecule has 1 aromatic carbocycles. The van der Waals surface area contributed by atoms with Gasteiger partial charge in [0.25, 0.3) is 0 Å². The molecule has 0 fully saturated rings. The molecule has 0 aliphatic rings. The first-order chi connectivity index (χ1) is 8.70. The van der Waals surface area contributed by atoms with Crippen LogP contribution in [0.4, 0.5) is 0 Å². The molecule has 0 unspecified atom stereocenters. The van der Waals surface area contributed by atoms with Crippen LogP contribution in [0, 0.1) is 13.8 Å². The van der Waals surface area contributed by atoms with Crippen LogP contribution >= 0.6 is 11.5 Å². The van der Waals surface area contributed by atoms with E-state index in [2.05, 4.69) is 54.7 Å². The van der Waals surface area contributed by atoms with Crippen molar-refractivity contribution < 1.29 is 0 Å². The van der Waals surface area contributed by atoms with Gasteiger partial charge in [-0.3, -0.25) is 0 Å². The molecule has 0 saturated heterocycles. The highest BCUT2D eigenvalue weighted by Gasteiger charge is 2.05. The highest BCUT2D eigenvalue weighted by molar-refractivity contribution is 7.06. The molecule has 1 aromatic heterocycles. The van der Waals surface area contributed by atoms with Crippen LogP contribution in [0.25, 0.3) is 11.3 Å². The predicted molar refractivity (Wildman–Crippen MR) is 79.0 cm³/mol. The van der Waals surface area contributed by atoms with Crippen LogP contribution in [0.3, 0.4) is 0 Å². The monoisotopic (exact) mass is 260 g/mol. The molecule has 1 N–H and O–H groups in total. The molecule has 2 nitrogen and oxygen atoms in total. The number of aromatic nitrogens is 1. The Balaban J connectivity index is 2.11. The summed E-state index contributed by atoms with van der Waals surface area (Å²) in [4.78, 5) is 1.30. The van der Waals surface area contributed by atoms with Crippen LogP contribution < -0.4 is 5.32 Å². The van der Waals surface area contributed by atoms with Crippen LogP contribution in [0.2, 0.25) is 0 Å². The Morgan fingerprint density at radius 1 is 1.17 bits per heavy atom. The Labute approximate surface area is 113 Å². The molecule has 0 aliphatic heterocycles. The van der Waals surface area contributed by atoms with Crippen molar-refractivity contribution in [2.45, 2.75) is 33.7 Å². The molecule has 0 spiro atoms. The van der Waals surface area contributed by atoms with Crippen molar-refractivity contribution in [3.8, 4) is 11.3 Å². The number of rotatable bonds is 5. The van der Waals surface area contributed by atoms with Gasteiger partial charge in [-0.2, -0.15) is 4.37 Å². The van der Waals surface area contributed by atoms with E-state index in [1.54, 1.807) is 11.5 Å². The second kappa shape index (κ2) is 6.12. The Hall–Kier alpha value is -1.19. The minimum absolute atomic E-state index is 0.927. The van der Waals surface area contributed by atoms with Crippen LogP contribution in [0.5, 0.6) is 0 Å². The van der Waals surface area contributed by atoms with Gasteiger partial charge in [0.15, 0.2) is 0 Å². The van der Waals surface area contributed by atoms with Gasteiger partial charge in [-0.05, 0) is 61.6 Å². The molecule has 0 radical (unpaired) electrons. The van der Waals surface area contributed by atoms with Crippen molar-refractivity contribution in [2.24, 2.45) is 0 Å². The van der Waals surface area contributed by atoms with Gasteiger partial charge in [0.1, 0.15) is 0 Å². The molecular weight excluding hydrogens is 240 g/mol. The first-order valence-corrected chi connectivity index (χ1v) is 7.22. The first kappa shape index (κ1) is 13.2. The summed E-state index contributed by atoms with van der Waals surface area (Å²) in [5.74, 6) is 0. The minimum Gasteiger partial charge on any atom is -0.312 e. The summed E-state index contributed by atoms with van der Waals surface area (Å²) in [7, 11) is 0. The molecule has 2 aromatic rings. The highest BCUT2D eigenvalue weighted by atomic mass is 32.1. The molecule has 0 aliphatic carbocycles. The Morgan fingerprint density at radius 2 is 2.00 bits per heavy atom. The fourth-order valence-electron chi connectivity index (χ4n) is 1.82. The lowest BCUT2D eigenvalue weighted by Crippen LogP contribution is -2.12. The second-order valence-corrected chi connectivity index (χ2v) is 5.54. The molecule has 1 heterocycles. The number of aryl methyl sites for hydroxylation is 2. The van der Waals surface area contributed by atoms with E-state index < -0.39 is 0 Å². The second-order valence-electron chi connectivity index (χ2n) is 4.65. The van der Waals surface area contributed by atoms with Crippen molar-refractivity contribution >= 4 is 11.5 Å². The van der Waals surface area contributed by atoms with Crippen molar-refractivity contribution in [3.63, 3.8) is 0 Å². The maximum atomic E-state index is 4.54. The molecule has 0 bridgehead atoms. The molecule has 0 saturated carbocycles. The zero-order chi connectivity index (χ0) is 13.0. The van der Waals surface area contributed by atoms with Crippen molar-refractivity contribution in [2.75, 3.05) is 6.54 Å². The zero-order valence-electron chi connectivity index (χ0n) is 11.3. The summed E-state index contributed by atoms with van der Waals surface area (Å²) in [5, 5.41) is 3.41. The van der Waals surface area contributed by atoms with Gasteiger partial charge in [-0.15, -0.1) is 0 Å². The summed E-state index contributed by atoms with van der Waals surface area (Å²) < 4.78 is 4.54. The number of benzene rings is 1. The summed E-state index contributed by atoms with van der Waals surface area (Å²) in [6.07, 6.45) is 1.17. The lowest BCUT2D eigenvalue weighted by Gasteiger charge is -2.02. The van der Waals surface area contributed by atoms with Crippen LogP contribution in [0.15, 0.2) is 24.3 Å². The largest absolute Gasteiger partial charge is 0.312 e. The van der Waals surface area contributed by atoms with Gasteiger partial charge in [0, 0.05) is 17.0 Å². The maximum Gasteiger partial charge on any atom is 0.0844 e. The van der Waals surface area contributed by atoms with Gasteiger partial charge in [0.05, 0.1) is 5.69 Å². The SMILES string of the molecule is CCCNCc1cc(-c2ccc(C)c(C)c2)ns1. The summed E-state index contributed by atoms with van der Waals surface area (Å²) in [6.45, 7) is 8.46. The molecule has 96 valence electrons. The van der Waals surface area contributed by atoms with Gasteiger partial charge >= 0.3 is 0 Å². The average molecular weight is 260 g/mol. The average Bonchev–Trinajstić information content (AvgIpc) is 2.82. The fraction of sp³-hybridized carbons (Fsp3) is 0.400. The van der Waals surface area contributed by atoms with Gasteiger partial charge < -0.3 is 5.32 Å². The number of hydrogen-bond acceptors (Lipinski definition) is 3. The van der Waals surface area contributed by atoms with Crippen LogP contribution in [-0.2, 0) is 6.54 Å². The Bertz CT molecular complexity index is 517. The van der Waals surface area contributed by atoms with Crippen molar-refractivity contribution in [1.29, 1.82) is 0 Å². The Morgan fingerprint density at radius 3 is 2.72 bits per heavy atom. The topological polar surface area (TPSA) is 24.9 Å². The first-order valence-electron chi connectivity index (χ1n) is 6.44. The van der Waals surface area contributed by atoms with E-state index in [1.807, 2.05) is 0 Å². The van der Waals surface area contributed by atoms with Gasteiger partial charge in [-0.1, -0.05) is 19.1 Å². The molecule has 0 amide bonds. The van der Waals surface area contributed by atoms with E-state index in [9.17, 15) is 0 Å². The van der Waals surface area contributed by atoms with Crippen molar-refractivity contribution in [1.82, 2.24) is 9.69 Å². The number of nitrogens with zero attached hydrogens (tertiary/aromatic N) is 1. The third-order valence-electron chi connectivity index (χ3n) is 3.09. The van der Waals surface area contributed by atoms with E-state index >= 15 is 0 Å². The van der Waals surface area contributed by atoms with E-state index in [-0.39, 0.29) is 0 Å². The molecule has 3 heteroatoms. The smallest absolute Gasteiger partial charge is 0.0844 e. The van der Waals surface area contributed by atoms with E-state index in [1.165, 1.54) is 28.0 Å². The summed E-state index contributed by atoms with van der Waals surface area (Å²) in [6, 6.07) is 8.73. The van der Waals surface area contributed by atoms with E-state index in [4.69, 9.17) is 0 Å². The Kier molecular flexibility index (Phi) is 4.50. The molecule has 2 rings (SSSR count). The molecule has 0 atom stereocenters. The maximum absolute atomic E-state index is 4.54. The predicted octanol–water partition coefficient (Wildman–Crippen LogP) is 3.93. The normalized spacial score (nSPS) is 10.8. The standard InChI is InChI=1S/C15H20N2S/c1-4-7-16-10-14-9-15(17-18-14)13-6-5-11(2)12(3)8-13/h5-6,8-9,16H,4,7,10H2,1-3H3. The minimum atomic E-state index is 0.927. The van der Waals surface area contributed by atoms with Crippen LogP contribution in [0.1, 0.15) is 29.3 Å².